The van der Waals surface area contributed by atoms with Crippen LogP contribution in [0.5, 0.6) is 0 Å². The number of rotatable bonds is 6. The van der Waals surface area contributed by atoms with Gasteiger partial charge in [-0.05, 0) is 109 Å². The van der Waals surface area contributed by atoms with Gasteiger partial charge in [-0.15, -0.1) is 0 Å². The molecule has 2 heteroatoms. The van der Waals surface area contributed by atoms with Crippen LogP contribution in [-0.2, 0) is 5.41 Å². The zero-order chi connectivity index (χ0) is 38.1. The molecule has 57 heavy (non-hydrogen) atoms. The van der Waals surface area contributed by atoms with E-state index in [9.17, 15) is 0 Å². The molecule has 0 fully saturated rings. The maximum Gasteiger partial charge on any atom is 0.136 e. The average Bonchev–Trinajstić information content (AvgIpc) is 3.76. The molecule has 270 valence electrons. The lowest BCUT2D eigenvalue weighted by Gasteiger charge is -2.30. The summed E-state index contributed by atoms with van der Waals surface area (Å²) in [6, 6.07) is 72.7. The van der Waals surface area contributed by atoms with Crippen LogP contribution < -0.4 is 4.90 Å². The minimum absolute atomic E-state index is 0.144. The Morgan fingerprint density at radius 2 is 1.00 bits per heavy atom. The molecule has 0 spiro atoms. The molecule has 0 amide bonds. The maximum atomic E-state index is 6.55. The van der Waals surface area contributed by atoms with Crippen molar-refractivity contribution in [1.29, 1.82) is 0 Å². The van der Waals surface area contributed by atoms with Crippen molar-refractivity contribution in [2.75, 3.05) is 4.90 Å². The Hall–Kier alpha value is -7.16. The van der Waals surface area contributed by atoms with Crippen LogP contribution in [0.2, 0.25) is 0 Å². The summed E-state index contributed by atoms with van der Waals surface area (Å²) in [5.74, 6) is 0. The molecular formula is C55H39NO. The Morgan fingerprint density at radius 1 is 0.404 bits per heavy atom. The van der Waals surface area contributed by atoms with E-state index in [4.69, 9.17) is 4.42 Å². The van der Waals surface area contributed by atoms with Crippen molar-refractivity contribution in [3.63, 3.8) is 0 Å². The van der Waals surface area contributed by atoms with Crippen LogP contribution in [0, 0.1) is 0 Å². The standard InChI is InChI=1S/C55H39NO/c1-55(2)48-18-10-8-16-45(48)46-31-30-44(35-49(46)55)56(43-28-26-40(27-29-43)39-22-20-38(21-23-39)36-12-4-3-5-13-36)50-32-33-52-54(47-17-9-11-19-51(47)57-52)53(50)42-25-24-37-14-6-7-15-41(37)34-42/h3-35H,1-2H3. The van der Waals surface area contributed by atoms with Crippen LogP contribution in [0.25, 0.3) is 77.2 Å². The molecule has 0 saturated heterocycles. The van der Waals surface area contributed by atoms with E-state index in [0.717, 1.165) is 50.1 Å². The number of hydrogen-bond acceptors (Lipinski definition) is 2. The minimum atomic E-state index is -0.144. The third kappa shape index (κ3) is 5.40. The average molecular weight is 730 g/mol. The number of hydrogen-bond donors (Lipinski definition) is 0. The Labute approximate surface area is 332 Å². The molecule has 0 N–H and O–H groups in total. The first-order chi connectivity index (χ1) is 28.0. The van der Waals surface area contributed by atoms with Gasteiger partial charge in [0.15, 0.2) is 0 Å². The number of benzene rings is 9. The molecule has 1 heterocycles. The van der Waals surface area contributed by atoms with E-state index in [0.29, 0.717) is 0 Å². The molecular weight excluding hydrogens is 691 g/mol. The van der Waals surface area contributed by atoms with Gasteiger partial charge in [0, 0.05) is 33.1 Å². The molecule has 0 radical (unpaired) electrons. The van der Waals surface area contributed by atoms with E-state index < -0.39 is 0 Å². The Kier molecular flexibility index (Phi) is 7.55. The topological polar surface area (TPSA) is 16.4 Å². The highest BCUT2D eigenvalue weighted by Crippen LogP contribution is 2.52. The zero-order valence-corrected chi connectivity index (χ0v) is 31.9. The van der Waals surface area contributed by atoms with E-state index in [-0.39, 0.29) is 5.41 Å². The van der Waals surface area contributed by atoms with Crippen molar-refractivity contribution >= 4 is 49.8 Å². The molecule has 0 bridgehead atoms. The second-order valence-electron chi connectivity index (χ2n) is 15.7. The number of para-hydroxylation sites is 1. The van der Waals surface area contributed by atoms with Crippen LogP contribution in [0.4, 0.5) is 17.1 Å². The molecule has 11 rings (SSSR count). The number of furan rings is 1. The van der Waals surface area contributed by atoms with Crippen molar-refractivity contribution < 1.29 is 4.42 Å². The monoisotopic (exact) mass is 729 g/mol. The first-order valence-electron chi connectivity index (χ1n) is 19.8. The summed E-state index contributed by atoms with van der Waals surface area (Å²) in [6.07, 6.45) is 0. The van der Waals surface area contributed by atoms with Crippen molar-refractivity contribution in [3.8, 4) is 44.5 Å². The van der Waals surface area contributed by atoms with E-state index in [1.54, 1.807) is 0 Å². The highest BCUT2D eigenvalue weighted by atomic mass is 16.3. The predicted octanol–water partition coefficient (Wildman–Crippen LogP) is 15.5. The quantitative estimate of drug-likeness (QED) is 0.169. The first-order valence-corrected chi connectivity index (χ1v) is 19.8. The molecule has 9 aromatic carbocycles. The van der Waals surface area contributed by atoms with Gasteiger partial charge in [0.1, 0.15) is 11.2 Å². The number of fused-ring (bicyclic) bond motifs is 7. The smallest absolute Gasteiger partial charge is 0.136 e. The molecule has 10 aromatic rings. The highest BCUT2D eigenvalue weighted by Gasteiger charge is 2.36. The van der Waals surface area contributed by atoms with Crippen LogP contribution in [0.1, 0.15) is 25.0 Å². The lowest BCUT2D eigenvalue weighted by Crippen LogP contribution is -2.17. The molecule has 1 aromatic heterocycles. The van der Waals surface area contributed by atoms with Crippen LogP contribution in [-0.4, -0.2) is 0 Å². The highest BCUT2D eigenvalue weighted by molar-refractivity contribution is 6.17. The van der Waals surface area contributed by atoms with Gasteiger partial charge < -0.3 is 9.32 Å². The normalized spacial score (nSPS) is 12.9. The first kappa shape index (κ1) is 33.2. The van der Waals surface area contributed by atoms with Gasteiger partial charge in [-0.1, -0.05) is 166 Å². The summed E-state index contributed by atoms with van der Waals surface area (Å²) < 4.78 is 6.55. The maximum absolute atomic E-state index is 6.55. The number of nitrogens with zero attached hydrogens (tertiary/aromatic N) is 1. The molecule has 2 nitrogen and oxygen atoms in total. The SMILES string of the molecule is CC1(C)c2ccccc2-c2ccc(N(c3ccc(-c4ccc(-c5ccccc5)cc4)cc3)c3ccc4oc5ccccc5c4c3-c3ccc4ccccc4c3)cc21. The third-order valence-electron chi connectivity index (χ3n) is 12.1. The van der Waals surface area contributed by atoms with Crippen molar-refractivity contribution in [3.05, 3.63) is 211 Å². The van der Waals surface area contributed by atoms with Gasteiger partial charge in [0.2, 0.25) is 0 Å². The molecule has 0 aliphatic heterocycles. The van der Waals surface area contributed by atoms with Gasteiger partial charge in [0.25, 0.3) is 0 Å². The van der Waals surface area contributed by atoms with Gasteiger partial charge in [-0.25, -0.2) is 0 Å². The molecule has 0 unspecified atom stereocenters. The van der Waals surface area contributed by atoms with Crippen molar-refractivity contribution in [2.24, 2.45) is 0 Å². The zero-order valence-electron chi connectivity index (χ0n) is 31.9. The summed E-state index contributed by atoms with van der Waals surface area (Å²) in [7, 11) is 0. The van der Waals surface area contributed by atoms with E-state index in [1.165, 1.54) is 55.3 Å². The van der Waals surface area contributed by atoms with Gasteiger partial charge >= 0.3 is 0 Å². The summed E-state index contributed by atoms with van der Waals surface area (Å²) in [5.41, 5.74) is 17.3. The Morgan fingerprint density at radius 3 is 1.79 bits per heavy atom. The molecule has 1 aliphatic rings. The fourth-order valence-corrected chi connectivity index (χ4v) is 9.18. The van der Waals surface area contributed by atoms with Gasteiger partial charge in [0.05, 0.1) is 5.69 Å². The van der Waals surface area contributed by atoms with Gasteiger partial charge in [-0.3, -0.25) is 0 Å². The lowest BCUT2D eigenvalue weighted by molar-refractivity contribution is 0.660. The molecule has 0 atom stereocenters. The second kappa shape index (κ2) is 13.0. The van der Waals surface area contributed by atoms with E-state index in [2.05, 4.69) is 219 Å². The Balaban J connectivity index is 1.13. The summed E-state index contributed by atoms with van der Waals surface area (Å²) in [4.78, 5) is 2.45. The predicted molar refractivity (Wildman–Crippen MR) is 240 cm³/mol. The largest absolute Gasteiger partial charge is 0.456 e. The Bertz CT molecular complexity index is 3130. The van der Waals surface area contributed by atoms with Crippen LogP contribution in [0.3, 0.4) is 0 Å². The number of anilines is 3. The van der Waals surface area contributed by atoms with Crippen LogP contribution >= 0.6 is 0 Å². The van der Waals surface area contributed by atoms with Gasteiger partial charge in [-0.2, -0.15) is 0 Å². The molecule has 0 saturated carbocycles. The second-order valence-corrected chi connectivity index (χ2v) is 15.7. The summed E-state index contributed by atoms with van der Waals surface area (Å²) in [6.45, 7) is 4.71. The van der Waals surface area contributed by atoms with Crippen molar-refractivity contribution in [2.45, 2.75) is 19.3 Å². The van der Waals surface area contributed by atoms with E-state index >= 15 is 0 Å². The molecule has 1 aliphatic carbocycles. The fourth-order valence-electron chi connectivity index (χ4n) is 9.18. The van der Waals surface area contributed by atoms with Crippen molar-refractivity contribution in [1.82, 2.24) is 0 Å². The fraction of sp³-hybridized carbons (Fsp3) is 0.0545. The third-order valence-corrected chi connectivity index (χ3v) is 12.1. The summed E-state index contributed by atoms with van der Waals surface area (Å²) >= 11 is 0. The lowest BCUT2D eigenvalue weighted by atomic mass is 9.82. The minimum Gasteiger partial charge on any atom is -0.456 e. The van der Waals surface area contributed by atoms with E-state index in [1.807, 2.05) is 0 Å². The summed E-state index contributed by atoms with van der Waals surface area (Å²) in [5, 5.41) is 4.65. The van der Waals surface area contributed by atoms with Crippen LogP contribution in [0.15, 0.2) is 205 Å².